The Balaban J connectivity index is 0.00000260. The fourth-order valence-electron chi connectivity index (χ4n) is 3.98. The van der Waals surface area contributed by atoms with Crippen LogP contribution in [-0.4, -0.2) is 35.5 Å². The fourth-order valence-corrected chi connectivity index (χ4v) is 3.98. The highest BCUT2D eigenvalue weighted by Crippen LogP contribution is 2.21. The average Bonchev–Trinajstić information content (AvgIpc) is 2.97. The number of rotatable bonds is 13. The predicted octanol–water partition coefficient (Wildman–Crippen LogP) is 5.92. The molecule has 3 aromatic rings. The molecule has 2 atom stereocenters. The Morgan fingerprint density at radius 3 is 2.10 bits per heavy atom. The molecular formula is C32H40N2O5. The molecule has 0 aliphatic heterocycles. The molecule has 0 radical (unpaired) electrons. The molecule has 208 valence electrons. The van der Waals surface area contributed by atoms with E-state index >= 15 is 0 Å². The van der Waals surface area contributed by atoms with E-state index in [9.17, 15) is 14.4 Å². The van der Waals surface area contributed by atoms with Crippen molar-refractivity contribution in [2.75, 3.05) is 6.61 Å². The lowest BCUT2D eigenvalue weighted by Gasteiger charge is -2.22. The summed E-state index contributed by atoms with van der Waals surface area (Å²) in [5, 5.41) is 3.01. The number of nitrogens with one attached hydrogen (secondary N) is 1. The zero-order valence-corrected chi connectivity index (χ0v) is 23.4. The van der Waals surface area contributed by atoms with Gasteiger partial charge in [-0.3, -0.25) is 19.4 Å². The second-order valence-electron chi connectivity index (χ2n) is 8.94. The van der Waals surface area contributed by atoms with Crippen molar-refractivity contribution in [1.82, 2.24) is 10.3 Å². The zero-order valence-electron chi connectivity index (χ0n) is 23.4. The van der Waals surface area contributed by atoms with Crippen LogP contribution in [0.1, 0.15) is 58.1 Å². The number of aromatic nitrogens is 1. The maximum Gasteiger partial charge on any atom is 0.308 e. The van der Waals surface area contributed by atoms with Crippen LogP contribution in [0, 0.1) is 5.92 Å². The van der Waals surface area contributed by atoms with E-state index in [0.717, 1.165) is 22.3 Å². The van der Waals surface area contributed by atoms with Crippen molar-refractivity contribution in [2.24, 2.45) is 5.92 Å². The molecule has 0 saturated carbocycles. The van der Waals surface area contributed by atoms with Crippen LogP contribution in [0.15, 0.2) is 79.1 Å². The van der Waals surface area contributed by atoms with Gasteiger partial charge in [0.2, 0.25) is 5.91 Å². The largest absolute Gasteiger partial charge is 0.466 e. The first-order valence-electron chi connectivity index (χ1n) is 13.6. The summed E-state index contributed by atoms with van der Waals surface area (Å²) < 4.78 is 10.4. The van der Waals surface area contributed by atoms with Gasteiger partial charge in [-0.15, -0.1) is 0 Å². The summed E-state index contributed by atoms with van der Waals surface area (Å²) in [5.41, 5.74) is 4.11. The number of amides is 1. The first kappa shape index (κ1) is 31.2. The molecule has 1 heterocycles. The number of nitrogens with zero attached hydrogens (tertiary/aromatic N) is 1. The van der Waals surface area contributed by atoms with Crippen LogP contribution in [0.5, 0.6) is 0 Å². The van der Waals surface area contributed by atoms with E-state index in [-0.39, 0.29) is 43.3 Å². The number of esters is 2. The van der Waals surface area contributed by atoms with Gasteiger partial charge in [0.1, 0.15) is 6.61 Å². The third kappa shape index (κ3) is 11.5. The molecule has 0 fully saturated rings. The summed E-state index contributed by atoms with van der Waals surface area (Å²) in [5.74, 6) is -1.37. The Hall–Kier alpha value is -4.00. The van der Waals surface area contributed by atoms with Gasteiger partial charge in [-0.2, -0.15) is 0 Å². The summed E-state index contributed by atoms with van der Waals surface area (Å²) in [7, 11) is 0. The number of ether oxygens (including phenoxy) is 2. The Morgan fingerprint density at radius 1 is 0.821 bits per heavy atom. The van der Waals surface area contributed by atoms with Crippen LogP contribution >= 0.6 is 0 Å². The quantitative estimate of drug-likeness (QED) is 0.275. The van der Waals surface area contributed by atoms with Gasteiger partial charge in [-0.05, 0) is 54.2 Å². The van der Waals surface area contributed by atoms with Gasteiger partial charge < -0.3 is 14.8 Å². The van der Waals surface area contributed by atoms with Crippen molar-refractivity contribution in [3.63, 3.8) is 0 Å². The van der Waals surface area contributed by atoms with Gasteiger partial charge in [0.05, 0.1) is 18.9 Å². The van der Waals surface area contributed by atoms with Crippen molar-refractivity contribution in [1.29, 1.82) is 0 Å². The predicted molar refractivity (Wildman–Crippen MR) is 153 cm³/mol. The Bertz CT molecular complexity index is 1130. The summed E-state index contributed by atoms with van der Waals surface area (Å²) >= 11 is 0. The number of carbonyl (C=O) groups excluding carboxylic acids is 3. The normalized spacial score (nSPS) is 11.8. The molecule has 0 saturated heterocycles. The number of hydrogen-bond acceptors (Lipinski definition) is 6. The molecular weight excluding hydrogens is 492 g/mol. The molecule has 0 aliphatic rings. The van der Waals surface area contributed by atoms with Gasteiger partial charge in [-0.25, -0.2) is 0 Å². The maximum atomic E-state index is 12.7. The third-order valence-electron chi connectivity index (χ3n) is 5.94. The molecule has 39 heavy (non-hydrogen) atoms. The van der Waals surface area contributed by atoms with Gasteiger partial charge in [0.25, 0.3) is 0 Å². The number of carbonyl (C=O) groups is 3. The number of benzene rings is 2. The van der Waals surface area contributed by atoms with Gasteiger partial charge >= 0.3 is 11.9 Å². The van der Waals surface area contributed by atoms with E-state index in [1.807, 2.05) is 44.2 Å². The van der Waals surface area contributed by atoms with Gasteiger partial charge in [0.15, 0.2) is 0 Å². The molecule has 0 aliphatic carbocycles. The first-order valence-corrected chi connectivity index (χ1v) is 13.6. The molecule has 0 bridgehead atoms. The van der Waals surface area contributed by atoms with Crippen LogP contribution in [0.2, 0.25) is 0 Å². The van der Waals surface area contributed by atoms with Crippen LogP contribution in [0.4, 0.5) is 0 Å². The Morgan fingerprint density at radius 2 is 1.46 bits per heavy atom. The minimum atomic E-state index is -0.445. The Labute approximate surface area is 232 Å². The molecule has 7 heteroatoms. The maximum absolute atomic E-state index is 12.7. The van der Waals surface area contributed by atoms with E-state index in [2.05, 4.69) is 34.6 Å². The molecule has 7 nitrogen and oxygen atoms in total. The first-order chi connectivity index (χ1) is 18.9. The van der Waals surface area contributed by atoms with E-state index in [1.54, 1.807) is 38.4 Å². The van der Waals surface area contributed by atoms with Crippen LogP contribution in [0.3, 0.4) is 0 Å². The summed E-state index contributed by atoms with van der Waals surface area (Å²) in [4.78, 5) is 41.0. The average molecular weight is 533 g/mol. The highest BCUT2D eigenvalue weighted by Gasteiger charge is 2.22. The van der Waals surface area contributed by atoms with Crippen molar-refractivity contribution in [3.8, 4) is 11.1 Å². The van der Waals surface area contributed by atoms with E-state index in [0.29, 0.717) is 19.4 Å². The minimum absolute atomic E-state index is 0.00636. The summed E-state index contributed by atoms with van der Waals surface area (Å²) in [6, 6.07) is 21.5. The monoisotopic (exact) mass is 532 g/mol. The summed E-state index contributed by atoms with van der Waals surface area (Å²) in [6.45, 7) is 8.02. The zero-order chi connectivity index (χ0) is 28.5. The topological polar surface area (TPSA) is 94.6 Å². The second-order valence-corrected chi connectivity index (χ2v) is 8.94. The van der Waals surface area contributed by atoms with E-state index < -0.39 is 5.97 Å². The van der Waals surface area contributed by atoms with Gasteiger partial charge in [0, 0.05) is 24.9 Å². The lowest BCUT2D eigenvalue weighted by molar-refractivity contribution is -0.148. The van der Waals surface area contributed by atoms with Crippen LogP contribution < -0.4 is 5.32 Å². The smallest absolute Gasteiger partial charge is 0.308 e. The standard InChI is InChI=1S/C30H34N2O5.C2H6/c1-3-36-30(35)22(2)19-27(20-23-9-11-26(12-10-23)25-7-5-4-6-8-25)32-28(33)13-14-29(34)37-21-24-15-17-31-18-16-24;1-2/h4-12,15-18,22,27H,3,13-14,19-21H2,1-2H3,(H,32,33);1-2H3/t22?,27-;/m0./s1. The molecule has 1 aromatic heterocycles. The van der Waals surface area contributed by atoms with Crippen molar-refractivity contribution >= 4 is 17.8 Å². The van der Waals surface area contributed by atoms with Crippen LogP contribution in [-0.2, 0) is 36.9 Å². The lowest BCUT2D eigenvalue weighted by Crippen LogP contribution is -2.39. The molecule has 2 aromatic carbocycles. The summed E-state index contributed by atoms with van der Waals surface area (Å²) in [6.07, 6.45) is 4.22. The van der Waals surface area contributed by atoms with E-state index in [4.69, 9.17) is 9.47 Å². The molecule has 3 rings (SSSR count). The molecule has 0 spiro atoms. The highest BCUT2D eigenvalue weighted by molar-refractivity contribution is 5.81. The van der Waals surface area contributed by atoms with Crippen molar-refractivity contribution < 1.29 is 23.9 Å². The number of hydrogen-bond donors (Lipinski definition) is 1. The SMILES string of the molecule is CC.CCOC(=O)C(C)C[C@@H](Cc1ccc(-c2ccccc2)cc1)NC(=O)CCC(=O)OCc1ccncc1. The van der Waals surface area contributed by atoms with Crippen molar-refractivity contribution in [2.45, 2.75) is 66.0 Å². The van der Waals surface area contributed by atoms with E-state index in [1.165, 1.54) is 0 Å². The molecule has 1 unspecified atom stereocenters. The van der Waals surface area contributed by atoms with Gasteiger partial charge in [-0.1, -0.05) is 75.4 Å². The third-order valence-corrected chi connectivity index (χ3v) is 5.94. The van der Waals surface area contributed by atoms with Crippen molar-refractivity contribution in [3.05, 3.63) is 90.3 Å². The Kier molecular flexibility index (Phi) is 14.0. The molecule has 1 N–H and O–H groups in total. The molecule has 1 amide bonds. The second kappa shape index (κ2) is 17.5. The van der Waals surface area contributed by atoms with Crippen LogP contribution in [0.25, 0.3) is 11.1 Å². The fraction of sp³-hybridized carbons (Fsp3) is 0.375. The lowest BCUT2D eigenvalue weighted by atomic mass is 9.94. The minimum Gasteiger partial charge on any atom is -0.466 e. The number of pyridine rings is 1. The highest BCUT2D eigenvalue weighted by atomic mass is 16.5.